The van der Waals surface area contributed by atoms with E-state index in [9.17, 15) is 4.79 Å². The van der Waals surface area contributed by atoms with Crippen molar-refractivity contribution >= 4 is 16.9 Å². The van der Waals surface area contributed by atoms with Crippen LogP contribution in [0.5, 0.6) is 0 Å². The van der Waals surface area contributed by atoms with E-state index in [1.165, 1.54) is 0 Å². The standard InChI is InChI=1S/C22H21N5O/c1-2-3-12-22(26-27-22)13-11-20(28)25-21(16-7-5-4-6-8-16)17-9-10-18-19(14-17)24-15-23-18/h1,4-10,14-15,21H,3,11-13H2,(H,23,24)(H,25,28). The topological polar surface area (TPSA) is 82.5 Å². The van der Waals surface area contributed by atoms with Crippen molar-refractivity contribution < 1.29 is 4.79 Å². The van der Waals surface area contributed by atoms with E-state index in [2.05, 4.69) is 31.4 Å². The van der Waals surface area contributed by atoms with Gasteiger partial charge in [-0.15, -0.1) is 12.3 Å². The van der Waals surface area contributed by atoms with Crippen molar-refractivity contribution in [2.45, 2.75) is 37.4 Å². The molecular formula is C22H21N5O. The maximum absolute atomic E-state index is 12.7. The van der Waals surface area contributed by atoms with Crippen molar-refractivity contribution in [2.24, 2.45) is 10.2 Å². The molecule has 0 radical (unpaired) electrons. The van der Waals surface area contributed by atoms with Gasteiger partial charge in [-0.25, -0.2) is 4.98 Å². The summed E-state index contributed by atoms with van der Waals surface area (Å²) in [5.74, 6) is 2.58. The van der Waals surface area contributed by atoms with Crippen molar-refractivity contribution in [3.05, 3.63) is 66.0 Å². The molecule has 1 aliphatic rings. The highest BCUT2D eigenvalue weighted by atomic mass is 16.1. The Bertz CT molecular complexity index is 1040. The lowest BCUT2D eigenvalue weighted by Crippen LogP contribution is -2.30. The van der Waals surface area contributed by atoms with Crippen molar-refractivity contribution in [1.29, 1.82) is 0 Å². The van der Waals surface area contributed by atoms with Gasteiger partial charge in [-0.2, -0.15) is 10.2 Å². The highest BCUT2D eigenvalue weighted by molar-refractivity contribution is 5.78. The largest absolute Gasteiger partial charge is 0.345 e. The molecule has 1 atom stereocenters. The Kier molecular flexibility index (Phi) is 4.90. The molecule has 2 heterocycles. The number of fused-ring (bicyclic) bond motifs is 1. The zero-order valence-corrected chi connectivity index (χ0v) is 15.4. The molecule has 0 aliphatic carbocycles. The average Bonchev–Trinajstić information content (AvgIpc) is 3.35. The summed E-state index contributed by atoms with van der Waals surface area (Å²) < 4.78 is 0. The predicted molar refractivity (Wildman–Crippen MR) is 107 cm³/mol. The van der Waals surface area contributed by atoms with Gasteiger partial charge in [0.15, 0.2) is 5.66 Å². The third-order valence-corrected chi connectivity index (χ3v) is 5.02. The van der Waals surface area contributed by atoms with Gasteiger partial charge in [0.2, 0.25) is 5.91 Å². The third kappa shape index (κ3) is 3.94. The molecule has 3 aromatic rings. The summed E-state index contributed by atoms with van der Waals surface area (Å²) in [6.45, 7) is 0. The Morgan fingerprint density at radius 2 is 1.96 bits per heavy atom. The molecule has 140 valence electrons. The summed E-state index contributed by atoms with van der Waals surface area (Å²) in [6.07, 6.45) is 9.26. The van der Waals surface area contributed by atoms with Crippen LogP contribution in [0.25, 0.3) is 11.0 Å². The predicted octanol–water partition coefficient (Wildman–Crippen LogP) is 4.12. The van der Waals surface area contributed by atoms with E-state index in [-0.39, 0.29) is 11.9 Å². The van der Waals surface area contributed by atoms with E-state index in [4.69, 9.17) is 6.42 Å². The van der Waals surface area contributed by atoms with Crippen LogP contribution < -0.4 is 5.32 Å². The lowest BCUT2D eigenvalue weighted by Gasteiger charge is -2.20. The van der Waals surface area contributed by atoms with E-state index in [0.717, 1.165) is 22.2 Å². The van der Waals surface area contributed by atoms with Crippen molar-refractivity contribution in [3.8, 4) is 12.3 Å². The van der Waals surface area contributed by atoms with E-state index in [0.29, 0.717) is 25.7 Å². The molecule has 1 aliphatic heterocycles. The number of benzene rings is 2. The Morgan fingerprint density at radius 1 is 1.14 bits per heavy atom. The maximum Gasteiger partial charge on any atom is 0.220 e. The van der Waals surface area contributed by atoms with Gasteiger partial charge < -0.3 is 10.3 Å². The number of amides is 1. The molecule has 1 amide bonds. The third-order valence-electron chi connectivity index (χ3n) is 5.02. The fraction of sp³-hybridized carbons (Fsp3) is 0.273. The van der Waals surface area contributed by atoms with E-state index < -0.39 is 5.66 Å². The van der Waals surface area contributed by atoms with Gasteiger partial charge in [-0.1, -0.05) is 36.4 Å². The van der Waals surface area contributed by atoms with Crippen molar-refractivity contribution in [1.82, 2.24) is 15.3 Å². The van der Waals surface area contributed by atoms with Crippen LogP contribution in [0.1, 0.15) is 42.9 Å². The first kappa shape index (κ1) is 17.9. The number of terminal acetylenes is 1. The normalized spacial score (nSPS) is 15.1. The molecule has 0 saturated carbocycles. The first-order valence-corrected chi connectivity index (χ1v) is 9.34. The van der Waals surface area contributed by atoms with Crippen LogP contribution in [0, 0.1) is 12.3 Å². The van der Waals surface area contributed by atoms with Crippen LogP contribution in [0.15, 0.2) is 65.1 Å². The van der Waals surface area contributed by atoms with E-state index in [1.54, 1.807) is 6.33 Å². The minimum absolute atomic E-state index is 0.0315. The molecule has 1 aromatic heterocycles. The summed E-state index contributed by atoms with van der Waals surface area (Å²) in [5.41, 5.74) is 3.42. The van der Waals surface area contributed by atoms with Crippen LogP contribution >= 0.6 is 0 Å². The van der Waals surface area contributed by atoms with E-state index >= 15 is 0 Å². The second kappa shape index (κ2) is 7.65. The zero-order chi connectivity index (χ0) is 19.4. The molecule has 1 unspecified atom stereocenters. The lowest BCUT2D eigenvalue weighted by molar-refractivity contribution is -0.121. The van der Waals surface area contributed by atoms with Gasteiger partial charge in [-0.3, -0.25) is 4.79 Å². The number of H-pyrrole nitrogens is 1. The second-order valence-corrected chi connectivity index (χ2v) is 6.98. The highest BCUT2D eigenvalue weighted by Crippen LogP contribution is 2.37. The first-order chi connectivity index (χ1) is 13.7. The smallest absolute Gasteiger partial charge is 0.220 e. The van der Waals surface area contributed by atoms with Crippen LogP contribution in [0.3, 0.4) is 0 Å². The van der Waals surface area contributed by atoms with E-state index in [1.807, 2.05) is 48.5 Å². The van der Waals surface area contributed by atoms with Gasteiger partial charge in [-0.05, 0) is 23.3 Å². The average molecular weight is 371 g/mol. The first-order valence-electron chi connectivity index (χ1n) is 9.34. The van der Waals surface area contributed by atoms with Gasteiger partial charge in [0.1, 0.15) is 0 Å². The number of carbonyl (C=O) groups is 1. The number of carbonyl (C=O) groups excluding carboxylic acids is 1. The molecular weight excluding hydrogens is 350 g/mol. The Morgan fingerprint density at radius 3 is 2.71 bits per heavy atom. The van der Waals surface area contributed by atoms with Crippen molar-refractivity contribution in [3.63, 3.8) is 0 Å². The van der Waals surface area contributed by atoms with Gasteiger partial charge in [0.05, 0.1) is 23.4 Å². The number of aromatic nitrogens is 2. The molecule has 6 nitrogen and oxygen atoms in total. The lowest BCUT2D eigenvalue weighted by atomic mass is 9.97. The molecule has 28 heavy (non-hydrogen) atoms. The minimum Gasteiger partial charge on any atom is -0.345 e. The molecule has 4 rings (SSSR count). The summed E-state index contributed by atoms with van der Waals surface area (Å²) in [5, 5.41) is 11.4. The molecule has 0 spiro atoms. The Balaban J connectivity index is 1.50. The minimum atomic E-state index is -0.444. The molecule has 0 saturated heterocycles. The second-order valence-electron chi connectivity index (χ2n) is 6.98. The summed E-state index contributed by atoms with van der Waals surface area (Å²) in [7, 11) is 0. The van der Waals surface area contributed by atoms with Crippen LogP contribution in [0.4, 0.5) is 0 Å². The quantitative estimate of drug-likeness (QED) is 0.584. The number of aromatic amines is 1. The molecule has 2 N–H and O–H groups in total. The van der Waals surface area contributed by atoms with Gasteiger partial charge >= 0.3 is 0 Å². The molecule has 0 fully saturated rings. The maximum atomic E-state index is 12.7. The highest BCUT2D eigenvalue weighted by Gasteiger charge is 2.39. The number of rotatable bonds is 8. The van der Waals surface area contributed by atoms with Crippen LogP contribution in [0.2, 0.25) is 0 Å². The summed E-state index contributed by atoms with van der Waals surface area (Å²) in [6, 6.07) is 15.7. The zero-order valence-electron chi connectivity index (χ0n) is 15.4. The summed E-state index contributed by atoms with van der Waals surface area (Å²) in [4.78, 5) is 20.1. The Labute approximate surface area is 163 Å². The van der Waals surface area contributed by atoms with Crippen LogP contribution in [-0.4, -0.2) is 21.5 Å². The fourth-order valence-corrected chi connectivity index (χ4v) is 3.35. The molecule has 6 heteroatoms. The SMILES string of the molecule is C#CCCC1(CCC(=O)NC(c2ccccc2)c2ccc3nc[nH]c3c2)N=N1. The number of hydrogen-bond donors (Lipinski definition) is 2. The number of hydrogen-bond acceptors (Lipinski definition) is 4. The monoisotopic (exact) mass is 371 g/mol. The van der Waals surface area contributed by atoms with Gasteiger partial charge in [0.25, 0.3) is 0 Å². The Hall–Kier alpha value is -3.46. The van der Waals surface area contributed by atoms with Crippen molar-refractivity contribution in [2.75, 3.05) is 0 Å². The van der Waals surface area contributed by atoms with Crippen LogP contribution in [-0.2, 0) is 4.79 Å². The summed E-state index contributed by atoms with van der Waals surface area (Å²) >= 11 is 0. The number of nitrogens with zero attached hydrogens (tertiary/aromatic N) is 3. The number of nitrogens with one attached hydrogen (secondary N) is 2. The molecule has 0 bridgehead atoms. The number of imidazole rings is 1. The molecule has 2 aromatic carbocycles. The van der Waals surface area contributed by atoms with Gasteiger partial charge in [0, 0.05) is 25.7 Å². The fourth-order valence-electron chi connectivity index (χ4n) is 3.35.